The van der Waals surface area contributed by atoms with Gasteiger partial charge in [0.25, 0.3) is 0 Å². The first-order chi connectivity index (χ1) is 8.13. The predicted octanol–water partition coefficient (Wildman–Crippen LogP) is 2.71. The molecule has 1 saturated carbocycles. The summed E-state index contributed by atoms with van der Waals surface area (Å²) in [5, 5.41) is 18.9. The van der Waals surface area contributed by atoms with Gasteiger partial charge in [0.05, 0.1) is 6.10 Å². The SMILES string of the molecule is CC[C@H]1[C@H](CO)[C@@H]2[C@@H](C)O/C(=C\O)[C@@H]2C[C@@H]1C. The van der Waals surface area contributed by atoms with E-state index in [0.29, 0.717) is 29.6 Å². The maximum absolute atomic E-state index is 9.70. The van der Waals surface area contributed by atoms with Crippen molar-refractivity contribution in [2.24, 2.45) is 29.6 Å². The summed E-state index contributed by atoms with van der Waals surface area (Å²) in [4.78, 5) is 0. The number of fused-ring (bicyclic) bond motifs is 1. The largest absolute Gasteiger partial charge is 0.512 e. The number of ether oxygens (including phenoxy) is 1. The summed E-state index contributed by atoms with van der Waals surface area (Å²) in [6.45, 7) is 6.74. The molecule has 1 heterocycles. The van der Waals surface area contributed by atoms with Crippen molar-refractivity contribution in [1.82, 2.24) is 0 Å². The van der Waals surface area contributed by atoms with Gasteiger partial charge >= 0.3 is 0 Å². The summed E-state index contributed by atoms with van der Waals surface area (Å²) in [6.07, 6.45) is 3.41. The van der Waals surface area contributed by atoms with Crippen LogP contribution in [0, 0.1) is 29.6 Å². The number of hydrogen-bond acceptors (Lipinski definition) is 3. The van der Waals surface area contributed by atoms with E-state index in [1.165, 1.54) is 0 Å². The molecule has 0 aromatic rings. The molecular weight excluding hydrogens is 216 g/mol. The minimum absolute atomic E-state index is 0.108. The van der Waals surface area contributed by atoms with Crippen molar-refractivity contribution in [2.75, 3.05) is 6.61 Å². The van der Waals surface area contributed by atoms with Crippen LogP contribution in [-0.4, -0.2) is 22.9 Å². The fourth-order valence-electron chi connectivity index (χ4n) is 4.19. The van der Waals surface area contributed by atoms with Crippen LogP contribution in [0.1, 0.15) is 33.6 Å². The first-order valence-electron chi connectivity index (χ1n) is 6.75. The Morgan fingerprint density at radius 1 is 1.35 bits per heavy atom. The minimum Gasteiger partial charge on any atom is -0.512 e. The second-order valence-electron chi connectivity index (χ2n) is 5.67. The van der Waals surface area contributed by atoms with Crippen molar-refractivity contribution in [3.8, 4) is 0 Å². The lowest BCUT2D eigenvalue weighted by atomic mass is 9.61. The average Bonchev–Trinajstić information content (AvgIpc) is 2.64. The molecule has 17 heavy (non-hydrogen) atoms. The lowest BCUT2D eigenvalue weighted by molar-refractivity contribution is 0.00414. The van der Waals surface area contributed by atoms with Crippen molar-refractivity contribution in [2.45, 2.75) is 39.7 Å². The normalized spacial score (nSPS) is 47.9. The molecule has 0 aromatic carbocycles. The van der Waals surface area contributed by atoms with Crippen LogP contribution in [-0.2, 0) is 4.74 Å². The standard InChI is InChI=1S/C14H24O3/c1-4-10-8(2)5-11-13(7-16)17-9(3)14(11)12(10)6-15/h7-12,14-16H,4-6H2,1-3H3/b13-7-/t8-,9+,10+,11-,12-,14+/m0/s1. The van der Waals surface area contributed by atoms with Gasteiger partial charge in [0.1, 0.15) is 12.0 Å². The van der Waals surface area contributed by atoms with Crippen molar-refractivity contribution in [3.05, 3.63) is 12.0 Å². The van der Waals surface area contributed by atoms with E-state index in [1.54, 1.807) is 0 Å². The zero-order valence-corrected chi connectivity index (χ0v) is 11.0. The number of hydrogen-bond donors (Lipinski definition) is 2. The van der Waals surface area contributed by atoms with Gasteiger partial charge in [-0.15, -0.1) is 0 Å². The molecule has 0 amide bonds. The number of aliphatic hydroxyl groups is 2. The predicted molar refractivity (Wildman–Crippen MR) is 66.4 cm³/mol. The highest BCUT2D eigenvalue weighted by Gasteiger charge is 2.50. The highest BCUT2D eigenvalue weighted by molar-refractivity contribution is 5.10. The van der Waals surface area contributed by atoms with Crippen LogP contribution in [0.25, 0.3) is 0 Å². The molecule has 0 spiro atoms. The summed E-state index contributed by atoms with van der Waals surface area (Å²) < 4.78 is 5.73. The Kier molecular flexibility index (Phi) is 3.67. The molecule has 1 aliphatic carbocycles. The van der Waals surface area contributed by atoms with Crippen LogP contribution in [0.2, 0.25) is 0 Å². The van der Waals surface area contributed by atoms with E-state index in [4.69, 9.17) is 4.74 Å². The van der Waals surface area contributed by atoms with Crippen molar-refractivity contribution >= 4 is 0 Å². The zero-order valence-electron chi connectivity index (χ0n) is 11.0. The van der Waals surface area contributed by atoms with Crippen LogP contribution in [0.15, 0.2) is 12.0 Å². The molecule has 98 valence electrons. The number of rotatable bonds is 2. The fourth-order valence-corrected chi connectivity index (χ4v) is 4.19. The maximum Gasteiger partial charge on any atom is 0.134 e. The van der Waals surface area contributed by atoms with Gasteiger partial charge in [0.15, 0.2) is 0 Å². The van der Waals surface area contributed by atoms with E-state index in [2.05, 4.69) is 20.8 Å². The molecule has 2 N–H and O–H groups in total. The maximum atomic E-state index is 9.70. The van der Waals surface area contributed by atoms with Crippen LogP contribution in [0.4, 0.5) is 0 Å². The molecule has 2 aliphatic rings. The molecule has 0 unspecified atom stereocenters. The van der Waals surface area contributed by atoms with Crippen molar-refractivity contribution in [3.63, 3.8) is 0 Å². The lowest BCUT2D eigenvalue weighted by Gasteiger charge is -2.42. The van der Waals surface area contributed by atoms with Gasteiger partial charge in [-0.2, -0.15) is 0 Å². The molecule has 2 fully saturated rings. The molecule has 2 rings (SSSR count). The van der Waals surface area contributed by atoms with Gasteiger partial charge in [-0.25, -0.2) is 0 Å². The molecule has 1 saturated heterocycles. The van der Waals surface area contributed by atoms with E-state index in [9.17, 15) is 10.2 Å². The van der Waals surface area contributed by atoms with Gasteiger partial charge < -0.3 is 14.9 Å². The van der Waals surface area contributed by atoms with Gasteiger partial charge in [0, 0.05) is 18.4 Å². The molecule has 0 aromatic heterocycles. The second-order valence-corrected chi connectivity index (χ2v) is 5.67. The smallest absolute Gasteiger partial charge is 0.134 e. The minimum atomic E-state index is 0.108. The molecular formula is C14H24O3. The monoisotopic (exact) mass is 240 g/mol. The molecule has 1 aliphatic heterocycles. The average molecular weight is 240 g/mol. The van der Waals surface area contributed by atoms with Crippen LogP contribution in [0.3, 0.4) is 0 Å². The molecule has 6 atom stereocenters. The van der Waals surface area contributed by atoms with E-state index in [1.807, 2.05) is 0 Å². The highest BCUT2D eigenvalue weighted by atomic mass is 16.5. The highest BCUT2D eigenvalue weighted by Crippen LogP contribution is 2.52. The Bertz CT molecular complexity index is 300. The Balaban J connectivity index is 2.28. The van der Waals surface area contributed by atoms with E-state index in [0.717, 1.165) is 24.9 Å². The summed E-state index contributed by atoms with van der Waals surface area (Å²) in [6, 6.07) is 0. The lowest BCUT2D eigenvalue weighted by Crippen LogP contribution is -2.42. The summed E-state index contributed by atoms with van der Waals surface area (Å²) in [5.41, 5.74) is 0. The summed E-state index contributed by atoms with van der Waals surface area (Å²) >= 11 is 0. The quantitative estimate of drug-likeness (QED) is 0.730. The van der Waals surface area contributed by atoms with Gasteiger partial charge in [-0.05, 0) is 31.1 Å². The summed E-state index contributed by atoms with van der Waals surface area (Å²) in [5.74, 6) is 2.85. The van der Waals surface area contributed by atoms with Gasteiger partial charge in [-0.1, -0.05) is 20.3 Å². The first-order valence-corrected chi connectivity index (χ1v) is 6.75. The second kappa shape index (κ2) is 4.89. The third-order valence-electron chi connectivity index (χ3n) is 4.90. The van der Waals surface area contributed by atoms with Crippen LogP contribution in [0.5, 0.6) is 0 Å². The Labute approximate surface area is 103 Å². The first kappa shape index (κ1) is 12.7. The van der Waals surface area contributed by atoms with Crippen molar-refractivity contribution < 1.29 is 14.9 Å². The third kappa shape index (κ3) is 1.95. The number of allylic oxidation sites excluding steroid dienone is 1. The molecule has 0 radical (unpaired) electrons. The Morgan fingerprint density at radius 3 is 2.59 bits per heavy atom. The van der Waals surface area contributed by atoms with E-state index in [-0.39, 0.29) is 12.7 Å². The Morgan fingerprint density at radius 2 is 2.06 bits per heavy atom. The number of aliphatic hydroxyl groups excluding tert-OH is 2. The van der Waals surface area contributed by atoms with Crippen LogP contribution >= 0.6 is 0 Å². The van der Waals surface area contributed by atoms with Gasteiger partial charge in [0.2, 0.25) is 0 Å². The molecule has 3 heteroatoms. The van der Waals surface area contributed by atoms with E-state index < -0.39 is 0 Å². The summed E-state index contributed by atoms with van der Waals surface area (Å²) in [7, 11) is 0. The third-order valence-corrected chi connectivity index (χ3v) is 4.90. The topological polar surface area (TPSA) is 49.7 Å². The van der Waals surface area contributed by atoms with Crippen molar-refractivity contribution in [1.29, 1.82) is 0 Å². The fraction of sp³-hybridized carbons (Fsp3) is 0.857. The zero-order chi connectivity index (χ0) is 12.6. The van der Waals surface area contributed by atoms with E-state index >= 15 is 0 Å². The molecule has 0 bridgehead atoms. The van der Waals surface area contributed by atoms with Crippen LogP contribution < -0.4 is 0 Å². The van der Waals surface area contributed by atoms with Gasteiger partial charge in [-0.3, -0.25) is 0 Å². The Hall–Kier alpha value is -0.700. The molecule has 3 nitrogen and oxygen atoms in total.